The Kier molecular flexibility index (Phi) is 7.16. The molecule has 4 N–H and O–H groups in total. The van der Waals surface area contributed by atoms with Crippen LogP contribution >= 0.6 is 0 Å². The third kappa shape index (κ3) is 4.00. The lowest BCUT2D eigenvalue weighted by Crippen LogP contribution is -2.67. The Morgan fingerprint density at radius 1 is 1.10 bits per heavy atom. The summed E-state index contributed by atoms with van der Waals surface area (Å²) in [6.45, 7) is 13.6. The summed E-state index contributed by atoms with van der Waals surface area (Å²) in [6, 6.07) is 1.68. The van der Waals surface area contributed by atoms with Gasteiger partial charge in [0.15, 0.2) is 17.2 Å². The first-order valence-corrected chi connectivity index (χ1v) is 14.0. The van der Waals surface area contributed by atoms with Gasteiger partial charge in [-0.15, -0.1) is 0 Å². The molecule has 41 heavy (non-hydrogen) atoms. The maximum absolute atomic E-state index is 14.3. The number of carbonyl (C=O) groups is 4. The molecule has 4 rings (SSSR count). The van der Waals surface area contributed by atoms with Crippen molar-refractivity contribution in [3.63, 3.8) is 0 Å². The third-order valence-corrected chi connectivity index (χ3v) is 9.32. The molecule has 0 fully saturated rings. The van der Waals surface area contributed by atoms with E-state index < -0.39 is 62.5 Å². The van der Waals surface area contributed by atoms with E-state index in [4.69, 9.17) is 0 Å². The van der Waals surface area contributed by atoms with Crippen molar-refractivity contribution < 1.29 is 39.6 Å². The van der Waals surface area contributed by atoms with E-state index >= 15 is 0 Å². The molecule has 8 heteroatoms. The number of aliphatic hydroxyl groups is 3. The second-order valence-corrected chi connectivity index (χ2v) is 12.9. The maximum atomic E-state index is 14.3. The van der Waals surface area contributed by atoms with Gasteiger partial charge in [0.25, 0.3) is 0 Å². The summed E-state index contributed by atoms with van der Waals surface area (Å²) in [6.07, 6.45) is 0.392. The summed E-state index contributed by atoms with van der Waals surface area (Å²) in [5, 5.41) is 46.5. The molecule has 0 saturated carbocycles. The molecule has 0 saturated heterocycles. The predicted molar refractivity (Wildman–Crippen MR) is 152 cm³/mol. The molecule has 0 amide bonds. The van der Waals surface area contributed by atoms with Gasteiger partial charge < -0.3 is 20.4 Å². The summed E-state index contributed by atoms with van der Waals surface area (Å²) < 4.78 is 0. The average Bonchev–Trinajstić information content (AvgIpc) is 2.84. The van der Waals surface area contributed by atoms with Gasteiger partial charge in [-0.2, -0.15) is 0 Å². The zero-order valence-corrected chi connectivity index (χ0v) is 24.9. The van der Waals surface area contributed by atoms with E-state index in [9.17, 15) is 39.6 Å². The Labute approximate surface area is 240 Å². The summed E-state index contributed by atoms with van der Waals surface area (Å²) in [7, 11) is 0. The number of phenolic OH excluding ortho intramolecular Hbond substituents is 1. The van der Waals surface area contributed by atoms with Gasteiger partial charge in [-0.3, -0.25) is 19.2 Å². The van der Waals surface area contributed by atoms with Gasteiger partial charge in [0, 0.05) is 28.7 Å². The van der Waals surface area contributed by atoms with Crippen molar-refractivity contribution in [1.29, 1.82) is 0 Å². The second kappa shape index (κ2) is 9.70. The van der Waals surface area contributed by atoms with Crippen LogP contribution in [0.15, 0.2) is 28.7 Å². The molecule has 1 aromatic rings. The first kappa shape index (κ1) is 30.3. The van der Waals surface area contributed by atoms with E-state index in [0.29, 0.717) is 5.56 Å². The van der Waals surface area contributed by atoms with Crippen molar-refractivity contribution in [1.82, 2.24) is 0 Å². The summed E-state index contributed by atoms with van der Waals surface area (Å²) >= 11 is 0. The van der Waals surface area contributed by atoms with E-state index in [2.05, 4.69) is 11.8 Å². The topological polar surface area (TPSA) is 149 Å². The summed E-state index contributed by atoms with van der Waals surface area (Å²) in [5.74, 6) is -0.915. The highest BCUT2D eigenvalue weighted by molar-refractivity contribution is 6.25. The Balaban J connectivity index is 2.08. The highest BCUT2D eigenvalue weighted by Crippen LogP contribution is 2.65. The number of allylic oxidation sites excluding steroid dienone is 2. The highest BCUT2D eigenvalue weighted by atomic mass is 16.3. The van der Waals surface area contributed by atoms with Gasteiger partial charge in [-0.25, -0.2) is 0 Å². The van der Waals surface area contributed by atoms with E-state index in [-0.39, 0.29) is 53.6 Å². The minimum Gasteiger partial charge on any atom is -0.511 e. The molecule has 0 aromatic heterocycles. The minimum atomic E-state index is -2.67. The van der Waals surface area contributed by atoms with Crippen molar-refractivity contribution >= 4 is 23.1 Å². The van der Waals surface area contributed by atoms with Crippen molar-refractivity contribution in [2.45, 2.75) is 86.2 Å². The number of ketones is 4. The van der Waals surface area contributed by atoms with Crippen LogP contribution in [0.1, 0.15) is 101 Å². The van der Waals surface area contributed by atoms with Crippen molar-refractivity contribution in [3.8, 4) is 17.6 Å². The van der Waals surface area contributed by atoms with Crippen LogP contribution in [0.2, 0.25) is 0 Å². The lowest BCUT2D eigenvalue weighted by Gasteiger charge is -2.59. The van der Waals surface area contributed by atoms with E-state index in [1.165, 1.54) is 0 Å². The fraction of sp³-hybridized carbons (Fsp3) is 0.515. The van der Waals surface area contributed by atoms with E-state index in [0.717, 1.165) is 12.5 Å². The van der Waals surface area contributed by atoms with E-state index in [1.807, 2.05) is 13.8 Å². The lowest BCUT2D eigenvalue weighted by molar-refractivity contribution is -0.171. The van der Waals surface area contributed by atoms with Crippen LogP contribution in [0.4, 0.5) is 0 Å². The van der Waals surface area contributed by atoms with Crippen LogP contribution in [-0.2, 0) is 20.8 Å². The molecule has 1 aromatic carbocycles. The Morgan fingerprint density at radius 2 is 1.71 bits per heavy atom. The van der Waals surface area contributed by atoms with Crippen LogP contribution in [0.5, 0.6) is 5.75 Å². The number of Topliss-reactive ketones (excluding diaryl/α,β-unsaturated/α-hetero) is 4. The van der Waals surface area contributed by atoms with Crippen molar-refractivity contribution in [3.05, 3.63) is 51.0 Å². The van der Waals surface area contributed by atoms with Gasteiger partial charge >= 0.3 is 0 Å². The van der Waals surface area contributed by atoms with Crippen LogP contribution in [0.3, 0.4) is 0 Å². The van der Waals surface area contributed by atoms with Crippen molar-refractivity contribution in [2.75, 3.05) is 0 Å². The minimum absolute atomic E-state index is 0.0236. The zero-order chi connectivity index (χ0) is 31.0. The lowest BCUT2D eigenvalue weighted by atomic mass is 9.44. The summed E-state index contributed by atoms with van der Waals surface area (Å²) in [5.41, 5.74) is -4.75. The SMILES string of the molecule is CCC(=O)C#Cc1cc(C(C)C)c2c(c1O)C(=O)C1=C(O)[C@@]3(O)C(=O)C(C(C)=O)=C(O)C(C(C)C)[C@@]3(C)C[C@@]1(C)C2. The highest BCUT2D eigenvalue weighted by Gasteiger charge is 2.71. The molecule has 0 spiro atoms. The summed E-state index contributed by atoms with van der Waals surface area (Å²) in [4.78, 5) is 52.5. The second-order valence-electron chi connectivity index (χ2n) is 12.9. The fourth-order valence-electron chi connectivity index (χ4n) is 7.66. The number of phenols is 1. The number of benzene rings is 1. The third-order valence-electron chi connectivity index (χ3n) is 9.32. The first-order chi connectivity index (χ1) is 18.9. The molecule has 3 aliphatic carbocycles. The molecule has 218 valence electrons. The molecule has 3 aliphatic rings. The number of aliphatic hydroxyl groups excluding tert-OH is 2. The zero-order valence-electron chi connectivity index (χ0n) is 24.9. The largest absolute Gasteiger partial charge is 0.511 e. The number of fused-ring (bicyclic) bond motifs is 3. The van der Waals surface area contributed by atoms with Gasteiger partial charge in [-0.05, 0) is 54.7 Å². The number of carbonyl (C=O) groups excluding carboxylic acids is 4. The monoisotopic (exact) mass is 562 g/mol. The molecule has 8 nitrogen and oxygen atoms in total. The molecule has 4 atom stereocenters. The van der Waals surface area contributed by atoms with Gasteiger partial charge in [0.2, 0.25) is 11.6 Å². The predicted octanol–water partition coefficient (Wildman–Crippen LogP) is 4.80. The van der Waals surface area contributed by atoms with Gasteiger partial charge in [0.05, 0.1) is 11.1 Å². The van der Waals surface area contributed by atoms with Gasteiger partial charge in [0.1, 0.15) is 22.8 Å². The Morgan fingerprint density at radius 3 is 2.22 bits per heavy atom. The number of hydrogen-bond acceptors (Lipinski definition) is 8. The van der Waals surface area contributed by atoms with Gasteiger partial charge in [-0.1, -0.05) is 54.4 Å². The molecular weight excluding hydrogens is 524 g/mol. The normalized spacial score (nSPS) is 29.2. The average molecular weight is 563 g/mol. The number of hydrogen-bond donors (Lipinski definition) is 4. The van der Waals surface area contributed by atoms with Crippen LogP contribution in [-0.4, -0.2) is 49.2 Å². The van der Waals surface area contributed by atoms with Crippen molar-refractivity contribution in [2.24, 2.45) is 22.7 Å². The number of aromatic hydroxyl groups is 1. The Bertz CT molecular complexity index is 1540. The molecule has 0 heterocycles. The first-order valence-electron chi connectivity index (χ1n) is 14.0. The molecule has 0 bridgehead atoms. The standard InChI is InChI=1S/C33H38O8/c1-9-19(35)11-10-18-12-20(15(2)3)21-13-31(7)14-32(8)24(16(4)5)27(37)22(17(6)34)29(39)33(32,41)30(40)25(31)28(38)23(21)26(18)36/h12,15-16,24,36-37,40-41H,9,13-14H2,1-8H3/t24?,31-,32-,33+/m1/s1. The smallest absolute Gasteiger partial charge is 0.209 e. The van der Waals surface area contributed by atoms with Crippen LogP contribution in [0.25, 0.3) is 0 Å². The van der Waals surface area contributed by atoms with Crippen LogP contribution < -0.4 is 0 Å². The quantitative estimate of drug-likeness (QED) is 0.302. The molecule has 0 aliphatic heterocycles. The Hall–Kier alpha value is -3.70. The molecular formula is C33H38O8. The van der Waals surface area contributed by atoms with E-state index in [1.54, 1.807) is 40.7 Å². The van der Waals surface area contributed by atoms with Crippen LogP contribution in [0, 0.1) is 34.5 Å². The number of rotatable bonds is 4. The molecule has 0 radical (unpaired) electrons. The fourth-order valence-corrected chi connectivity index (χ4v) is 7.66. The molecule has 1 unspecified atom stereocenters. The maximum Gasteiger partial charge on any atom is 0.209 e.